The predicted molar refractivity (Wildman–Crippen MR) is 72.5 cm³/mol. The van der Waals surface area contributed by atoms with Gasteiger partial charge in [-0.15, -0.1) is 0 Å². The molecule has 1 amide bonds. The number of carbonyl (C=O) groups is 1. The van der Waals surface area contributed by atoms with Gasteiger partial charge in [-0.25, -0.2) is 0 Å². The molecule has 1 aliphatic rings. The first-order chi connectivity index (χ1) is 8.39. The molecule has 0 saturated heterocycles. The zero-order chi connectivity index (χ0) is 13.5. The molecule has 0 fully saturated rings. The summed E-state index contributed by atoms with van der Waals surface area (Å²) >= 11 is 0. The highest BCUT2D eigenvalue weighted by Crippen LogP contribution is 2.43. The molecule has 0 saturated carbocycles. The van der Waals surface area contributed by atoms with Gasteiger partial charge >= 0.3 is 0 Å². The van der Waals surface area contributed by atoms with Crippen LogP contribution in [-0.2, 0) is 14.9 Å². The van der Waals surface area contributed by atoms with Gasteiger partial charge in [0.05, 0.1) is 29.1 Å². The van der Waals surface area contributed by atoms with Gasteiger partial charge in [-0.3, -0.25) is 4.79 Å². The molecule has 0 atom stereocenters. The Morgan fingerprint density at radius 3 is 2.50 bits per heavy atom. The van der Waals surface area contributed by atoms with Gasteiger partial charge in [0, 0.05) is 13.7 Å². The van der Waals surface area contributed by atoms with E-state index in [1.54, 1.807) is 24.1 Å². The summed E-state index contributed by atoms with van der Waals surface area (Å²) < 4.78 is 5.04. The minimum Gasteiger partial charge on any atom is -0.397 e. The molecule has 0 radical (unpaired) electrons. The molecule has 4 N–H and O–H groups in total. The van der Waals surface area contributed by atoms with Crippen LogP contribution in [0.15, 0.2) is 12.1 Å². The zero-order valence-corrected chi connectivity index (χ0v) is 11.0. The second-order valence-electron chi connectivity index (χ2n) is 5.07. The predicted octanol–water partition coefficient (Wildman–Crippen LogP) is 1.12. The van der Waals surface area contributed by atoms with Gasteiger partial charge in [-0.05, 0) is 31.5 Å². The van der Waals surface area contributed by atoms with Crippen LogP contribution in [0.3, 0.4) is 0 Å². The van der Waals surface area contributed by atoms with Crippen molar-refractivity contribution in [3.63, 3.8) is 0 Å². The molecule has 1 aromatic rings. The normalized spacial score (nSPS) is 17.1. The number of fused-ring (bicyclic) bond motifs is 1. The third-order valence-electron chi connectivity index (χ3n) is 3.46. The molecule has 18 heavy (non-hydrogen) atoms. The molecule has 0 aliphatic carbocycles. The average Bonchev–Trinajstić information content (AvgIpc) is 2.48. The number of methoxy groups -OCH3 is 1. The molecule has 2 rings (SSSR count). The Balaban J connectivity index is 2.51. The van der Waals surface area contributed by atoms with Crippen LogP contribution in [0.5, 0.6) is 0 Å². The number of anilines is 3. The minimum absolute atomic E-state index is 0.0551. The number of nitrogens with two attached hydrogens (primary N) is 2. The van der Waals surface area contributed by atoms with Crippen LogP contribution >= 0.6 is 0 Å². The minimum atomic E-state index is -0.565. The van der Waals surface area contributed by atoms with Gasteiger partial charge in [-0.1, -0.05) is 0 Å². The Hall–Kier alpha value is -1.75. The van der Waals surface area contributed by atoms with Crippen LogP contribution in [-0.4, -0.2) is 26.2 Å². The number of carbonyl (C=O) groups excluding carboxylic acids is 1. The van der Waals surface area contributed by atoms with E-state index >= 15 is 0 Å². The molecular formula is C13H19N3O2. The lowest BCUT2D eigenvalue weighted by atomic mass is 9.86. The summed E-state index contributed by atoms with van der Waals surface area (Å²) in [6, 6.07) is 3.57. The summed E-state index contributed by atoms with van der Waals surface area (Å²) in [5, 5.41) is 0. The fraction of sp³-hybridized carbons (Fsp3) is 0.462. The second-order valence-corrected chi connectivity index (χ2v) is 5.07. The molecule has 0 bridgehead atoms. The summed E-state index contributed by atoms with van der Waals surface area (Å²) in [5.41, 5.74) is 13.9. The van der Waals surface area contributed by atoms with Gasteiger partial charge in [0.15, 0.2) is 0 Å². The molecule has 1 aromatic carbocycles. The summed E-state index contributed by atoms with van der Waals surface area (Å²) in [5.74, 6) is 0.0551. The van der Waals surface area contributed by atoms with Crippen molar-refractivity contribution in [3.05, 3.63) is 17.7 Å². The zero-order valence-electron chi connectivity index (χ0n) is 11.0. The van der Waals surface area contributed by atoms with Crippen LogP contribution in [0, 0.1) is 0 Å². The lowest BCUT2D eigenvalue weighted by Crippen LogP contribution is -2.37. The third kappa shape index (κ3) is 1.71. The maximum absolute atomic E-state index is 12.4. The highest BCUT2D eigenvalue weighted by atomic mass is 16.5. The van der Waals surface area contributed by atoms with Crippen LogP contribution in [0.2, 0.25) is 0 Å². The summed E-state index contributed by atoms with van der Waals surface area (Å²) in [6.07, 6.45) is 0. The number of nitrogen functional groups attached to an aromatic ring is 2. The molecule has 5 heteroatoms. The second kappa shape index (κ2) is 4.17. The van der Waals surface area contributed by atoms with Gasteiger partial charge in [-0.2, -0.15) is 0 Å². The van der Waals surface area contributed by atoms with E-state index in [0.717, 1.165) is 11.3 Å². The molecule has 98 valence electrons. The quantitative estimate of drug-likeness (QED) is 0.786. The number of nitrogens with zero attached hydrogens (tertiary/aromatic N) is 1. The molecule has 5 nitrogen and oxygen atoms in total. The average molecular weight is 249 g/mol. The van der Waals surface area contributed by atoms with Crippen molar-refractivity contribution >= 4 is 23.0 Å². The first-order valence-electron chi connectivity index (χ1n) is 5.90. The standard InChI is InChI=1S/C13H19N3O2/c1-13(2)8-6-9(14)10(15)7-11(8)16(12(13)17)4-5-18-3/h6-7H,4-5,14-15H2,1-3H3. The van der Waals surface area contributed by atoms with Crippen molar-refractivity contribution in [3.8, 4) is 0 Å². The molecular weight excluding hydrogens is 230 g/mol. The van der Waals surface area contributed by atoms with Crippen molar-refractivity contribution in [2.24, 2.45) is 0 Å². The van der Waals surface area contributed by atoms with Crippen molar-refractivity contribution in [1.82, 2.24) is 0 Å². The van der Waals surface area contributed by atoms with Crippen LogP contribution in [0.4, 0.5) is 17.1 Å². The number of rotatable bonds is 3. The highest BCUT2D eigenvalue weighted by molar-refractivity contribution is 6.08. The van der Waals surface area contributed by atoms with Crippen LogP contribution in [0.1, 0.15) is 19.4 Å². The Morgan fingerprint density at radius 2 is 1.89 bits per heavy atom. The topological polar surface area (TPSA) is 81.6 Å². The molecule has 1 aliphatic heterocycles. The van der Waals surface area contributed by atoms with E-state index in [-0.39, 0.29) is 5.91 Å². The number of ether oxygens (including phenoxy) is 1. The smallest absolute Gasteiger partial charge is 0.237 e. The molecule has 0 spiro atoms. The van der Waals surface area contributed by atoms with Crippen molar-refractivity contribution in [2.45, 2.75) is 19.3 Å². The van der Waals surface area contributed by atoms with Crippen molar-refractivity contribution in [1.29, 1.82) is 0 Å². The summed E-state index contributed by atoms with van der Waals surface area (Å²) in [4.78, 5) is 14.1. The monoisotopic (exact) mass is 249 g/mol. The fourth-order valence-corrected chi connectivity index (χ4v) is 2.31. The van der Waals surface area contributed by atoms with Gasteiger partial charge in [0.2, 0.25) is 5.91 Å². The molecule has 1 heterocycles. The Kier molecular flexibility index (Phi) is 2.94. The van der Waals surface area contributed by atoms with Gasteiger partial charge in [0.1, 0.15) is 0 Å². The summed E-state index contributed by atoms with van der Waals surface area (Å²) in [7, 11) is 1.62. The maximum Gasteiger partial charge on any atom is 0.237 e. The Morgan fingerprint density at radius 1 is 1.28 bits per heavy atom. The number of hydrogen-bond acceptors (Lipinski definition) is 4. The van der Waals surface area contributed by atoms with E-state index in [2.05, 4.69) is 0 Å². The lowest BCUT2D eigenvalue weighted by Gasteiger charge is -2.19. The van der Waals surface area contributed by atoms with E-state index in [4.69, 9.17) is 16.2 Å². The summed E-state index contributed by atoms with van der Waals surface area (Å²) in [6.45, 7) is 4.81. The van der Waals surface area contributed by atoms with E-state index in [1.165, 1.54) is 0 Å². The molecule has 0 aromatic heterocycles. The highest BCUT2D eigenvalue weighted by Gasteiger charge is 2.43. The van der Waals surface area contributed by atoms with E-state index in [0.29, 0.717) is 24.5 Å². The first-order valence-corrected chi connectivity index (χ1v) is 5.90. The maximum atomic E-state index is 12.4. The number of hydrogen-bond donors (Lipinski definition) is 2. The van der Waals surface area contributed by atoms with Crippen molar-refractivity contribution in [2.75, 3.05) is 36.6 Å². The SMILES string of the molecule is COCCN1C(=O)C(C)(C)c2cc(N)c(N)cc21. The van der Waals surface area contributed by atoms with E-state index < -0.39 is 5.41 Å². The number of amides is 1. The van der Waals surface area contributed by atoms with E-state index in [9.17, 15) is 4.79 Å². The van der Waals surface area contributed by atoms with Gasteiger partial charge < -0.3 is 21.1 Å². The first kappa shape index (κ1) is 12.7. The third-order valence-corrected chi connectivity index (χ3v) is 3.46. The Labute approximate surface area is 107 Å². The molecule has 0 unspecified atom stereocenters. The van der Waals surface area contributed by atoms with Crippen molar-refractivity contribution < 1.29 is 9.53 Å². The van der Waals surface area contributed by atoms with E-state index in [1.807, 2.05) is 13.8 Å². The largest absolute Gasteiger partial charge is 0.397 e. The van der Waals surface area contributed by atoms with Gasteiger partial charge in [0.25, 0.3) is 0 Å². The number of benzene rings is 1. The lowest BCUT2D eigenvalue weighted by molar-refractivity contribution is -0.122. The Bertz CT molecular complexity index is 497. The fourth-order valence-electron chi connectivity index (χ4n) is 2.31. The van der Waals surface area contributed by atoms with Crippen LogP contribution < -0.4 is 16.4 Å². The van der Waals surface area contributed by atoms with Crippen LogP contribution in [0.25, 0.3) is 0 Å².